The maximum Gasteiger partial charge on any atom is 0.339 e. The molecule has 0 bridgehead atoms. The van der Waals surface area contributed by atoms with Gasteiger partial charge in [-0.2, -0.15) is 0 Å². The fourth-order valence-electron chi connectivity index (χ4n) is 1.21. The molecule has 1 aliphatic heterocycles. The molecule has 1 aromatic carbocycles. The van der Waals surface area contributed by atoms with E-state index in [1.54, 1.807) is 18.3 Å². The Kier molecular flexibility index (Phi) is 2.02. The maximum absolute atomic E-state index is 10.8. The largest absolute Gasteiger partial charge is 0.478 e. The van der Waals surface area contributed by atoms with E-state index in [9.17, 15) is 4.79 Å². The molecule has 4 heteroatoms. The molecule has 1 aliphatic rings. The Hall–Kier alpha value is -2.10. The molecule has 0 atom stereocenters. The number of ether oxygens (including phenoxy) is 1. The van der Waals surface area contributed by atoms with Crippen LogP contribution in [0.4, 0.5) is 0 Å². The first-order chi connectivity index (χ1) is 6.79. The van der Waals surface area contributed by atoms with Gasteiger partial charge in [-0.25, -0.2) is 4.79 Å². The fourth-order valence-corrected chi connectivity index (χ4v) is 1.21. The monoisotopic (exact) mass is 189 g/mol. The van der Waals surface area contributed by atoms with Crippen LogP contribution >= 0.6 is 0 Å². The molecule has 0 saturated heterocycles. The first-order valence-corrected chi connectivity index (χ1v) is 4.00. The van der Waals surface area contributed by atoms with E-state index in [1.807, 2.05) is 0 Å². The minimum absolute atomic E-state index is 0.139. The third-order valence-corrected chi connectivity index (χ3v) is 1.82. The van der Waals surface area contributed by atoms with Gasteiger partial charge in [0.05, 0.1) is 6.20 Å². The van der Waals surface area contributed by atoms with Crippen LogP contribution in [0.25, 0.3) is 0 Å². The number of hydrogen-bond donors (Lipinski definition) is 1. The van der Waals surface area contributed by atoms with Crippen LogP contribution < -0.4 is 4.74 Å². The summed E-state index contributed by atoms with van der Waals surface area (Å²) in [5.74, 6) is -0.678. The fraction of sp³-hybridized carbons (Fsp3) is 0. The molecule has 0 fully saturated rings. The molecule has 1 heterocycles. The number of nitrogens with zero attached hydrogens (tertiary/aromatic N) is 1. The minimum atomic E-state index is -1.01. The summed E-state index contributed by atoms with van der Waals surface area (Å²) in [6.07, 6.45) is 4.38. The highest BCUT2D eigenvalue weighted by Crippen LogP contribution is 2.24. The van der Waals surface area contributed by atoms with Gasteiger partial charge < -0.3 is 9.84 Å². The summed E-state index contributed by atoms with van der Waals surface area (Å²) in [5, 5.41) is 8.88. The number of aromatic carboxylic acids is 1. The van der Waals surface area contributed by atoms with E-state index in [-0.39, 0.29) is 5.56 Å². The van der Waals surface area contributed by atoms with Gasteiger partial charge >= 0.3 is 5.97 Å². The van der Waals surface area contributed by atoms with Crippen LogP contribution in [0.5, 0.6) is 5.75 Å². The second kappa shape index (κ2) is 3.33. The molecule has 0 saturated carbocycles. The van der Waals surface area contributed by atoms with Crippen LogP contribution in [0.1, 0.15) is 15.9 Å². The van der Waals surface area contributed by atoms with Gasteiger partial charge in [0.25, 0.3) is 0 Å². The van der Waals surface area contributed by atoms with Gasteiger partial charge in [0, 0.05) is 11.8 Å². The summed E-state index contributed by atoms with van der Waals surface area (Å²) in [6.45, 7) is 0. The summed E-state index contributed by atoms with van der Waals surface area (Å²) < 4.78 is 5.15. The van der Waals surface area contributed by atoms with Crippen LogP contribution in [0.3, 0.4) is 0 Å². The molecule has 0 radical (unpaired) electrons. The van der Waals surface area contributed by atoms with Gasteiger partial charge in [-0.3, -0.25) is 4.99 Å². The molecule has 0 spiro atoms. The summed E-state index contributed by atoms with van der Waals surface area (Å²) in [5.41, 5.74) is 0.801. The lowest BCUT2D eigenvalue weighted by Crippen LogP contribution is -2.01. The summed E-state index contributed by atoms with van der Waals surface area (Å²) in [6, 6.07) is 4.90. The van der Waals surface area contributed by atoms with Crippen molar-refractivity contribution in [1.82, 2.24) is 0 Å². The number of carbonyl (C=O) groups is 1. The zero-order valence-corrected chi connectivity index (χ0v) is 7.18. The van der Waals surface area contributed by atoms with E-state index < -0.39 is 5.97 Å². The van der Waals surface area contributed by atoms with Crippen LogP contribution in [0.2, 0.25) is 0 Å². The maximum atomic E-state index is 10.8. The van der Waals surface area contributed by atoms with Crippen molar-refractivity contribution in [3.63, 3.8) is 0 Å². The van der Waals surface area contributed by atoms with Crippen molar-refractivity contribution in [1.29, 1.82) is 0 Å². The molecule has 70 valence electrons. The number of hydrogen-bond acceptors (Lipinski definition) is 3. The lowest BCUT2D eigenvalue weighted by molar-refractivity contribution is 0.0694. The van der Waals surface area contributed by atoms with E-state index in [1.165, 1.54) is 18.5 Å². The standard InChI is InChI=1S/C10H7NO3/c12-10(13)8-3-1-2-7-6-11-4-5-14-9(7)8/h1-6H,(H,12,13). The topological polar surface area (TPSA) is 58.9 Å². The first-order valence-electron chi connectivity index (χ1n) is 4.00. The molecule has 1 aromatic rings. The van der Waals surface area contributed by atoms with Crippen molar-refractivity contribution in [2.45, 2.75) is 0 Å². The zero-order chi connectivity index (χ0) is 9.97. The quantitative estimate of drug-likeness (QED) is 0.730. The molecule has 4 nitrogen and oxygen atoms in total. The van der Waals surface area contributed by atoms with Crippen molar-refractivity contribution in [3.05, 3.63) is 41.8 Å². The van der Waals surface area contributed by atoms with Gasteiger partial charge in [-0.05, 0) is 12.1 Å². The van der Waals surface area contributed by atoms with Crippen LogP contribution in [-0.4, -0.2) is 17.3 Å². The van der Waals surface area contributed by atoms with Gasteiger partial charge in [-0.15, -0.1) is 0 Å². The molecular weight excluding hydrogens is 182 g/mol. The van der Waals surface area contributed by atoms with Gasteiger partial charge in [0.1, 0.15) is 17.6 Å². The Labute approximate surface area is 80.2 Å². The number of rotatable bonds is 1. The molecule has 0 unspecified atom stereocenters. The number of benzene rings is 1. The summed E-state index contributed by atoms with van der Waals surface area (Å²) in [7, 11) is 0. The van der Waals surface area contributed by atoms with Gasteiger partial charge in [0.15, 0.2) is 0 Å². The third-order valence-electron chi connectivity index (χ3n) is 1.82. The second-order valence-corrected chi connectivity index (χ2v) is 2.71. The van der Waals surface area contributed by atoms with Crippen LogP contribution in [-0.2, 0) is 0 Å². The zero-order valence-electron chi connectivity index (χ0n) is 7.18. The summed E-state index contributed by atoms with van der Waals surface area (Å²) >= 11 is 0. The van der Waals surface area contributed by atoms with E-state index in [0.29, 0.717) is 11.3 Å². The van der Waals surface area contributed by atoms with Crippen molar-refractivity contribution < 1.29 is 14.6 Å². The Morgan fingerprint density at radius 1 is 1.43 bits per heavy atom. The Bertz CT molecular complexity index is 435. The van der Waals surface area contributed by atoms with E-state index in [0.717, 1.165) is 0 Å². The molecule has 1 N–H and O–H groups in total. The minimum Gasteiger partial charge on any atom is -0.478 e. The molecule has 14 heavy (non-hydrogen) atoms. The first kappa shape index (κ1) is 8.50. The normalized spacial score (nSPS) is 12.9. The highest BCUT2D eigenvalue weighted by molar-refractivity contribution is 5.96. The number of aliphatic imine (C=N–C) groups is 1. The Morgan fingerprint density at radius 2 is 2.29 bits per heavy atom. The molecular formula is C10H7NO3. The average molecular weight is 189 g/mol. The van der Waals surface area contributed by atoms with Crippen LogP contribution in [0, 0.1) is 0 Å². The van der Waals surface area contributed by atoms with Crippen molar-refractivity contribution in [2.75, 3.05) is 0 Å². The highest BCUT2D eigenvalue weighted by Gasteiger charge is 2.14. The van der Waals surface area contributed by atoms with E-state index in [2.05, 4.69) is 4.99 Å². The number of carboxylic acid groups (broad SMARTS) is 1. The smallest absolute Gasteiger partial charge is 0.339 e. The average Bonchev–Trinajstić information content (AvgIpc) is 2.41. The van der Waals surface area contributed by atoms with Crippen molar-refractivity contribution in [3.8, 4) is 5.75 Å². The van der Waals surface area contributed by atoms with Gasteiger partial charge in [-0.1, -0.05) is 6.07 Å². The Morgan fingerprint density at radius 3 is 3.07 bits per heavy atom. The highest BCUT2D eigenvalue weighted by atomic mass is 16.5. The molecule has 0 aliphatic carbocycles. The van der Waals surface area contributed by atoms with Crippen molar-refractivity contribution >= 4 is 12.2 Å². The second-order valence-electron chi connectivity index (χ2n) is 2.71. The summed E-state index contributed by atoms with van der Waals surface area (Å²) in [4.78, 5) is 14.7. The number of para-hydroxylation sites is 1. The third kappa shape index (κ3) is 1.37. The SMILES string of the molecule is O=C(O)c1cccc2c1OC=CN=C2. The predicted molar refractivity (Wildman–Crippen MR) is 50.8 cm³/mol. The van der Waals surface area contributed by atoms with Crippen LogP contribution in [0.15, 0.2) is 35.7 Å². The predicted octanol–water partition coefficient (Wildman–Crippen LogP) is 1.67. The van der Waals surface area contributed by atoms with Gasteiger partial charge in [0.2, 0.25) is 0 Å². The number of fused-ring (bicyclic) bond motifs is 1. The van der Waals surface area contributed by atoms with E-state index in [4.69, 9.17) is 9.84 Å². The van der Waals surface area contributed by atoms with Crippen molar-refractivity contribution in [2.24, 2.45) is 4.99 Å². The molecule has 2 rings (SSSR count). The lowest BCUT2D eigenvalue weighted by atomic mass is 10.1. The lowest BCUT2D eigenvalue weighted by Gasteiger charge is -2.06. The molecule has 0 aromatic heterocycles. The Balaban J connectivity index is 2.61. The molecule has 0 amide bonds. The number of carboxylic acids is 1. The van der Waals surface area contributed by atoms with E-state index >= 15 is 0 Å².